The highest BCUT2D eigenvalue weighted by Crippen LogP contribution is 2.14. The summed E-state index contributed by atoms with van der Waals surface area (Å²) in [7, 11) is 0. The van der Waals surface area contributed by atoms with Crippen LogP contribution >= 0.6 is 11.6 Å². The van der Waals surface area contributed by atoms with Crippen LogP contribution in [-0.4, -0.2) is 29.8 Å². The number of hydrogen-bond acceptors (Lipinski definition) is 4. The summed E-state index contributed by atoms with van der Waals surface area (Å²) in [5.41, 5.74) is 0.428. The second-order valence-corrected chi connectivity index (χ2v) is 7.02. The van der Waals surface area contributed by atoms with E-state index in [0.717, 1.165) is 12.2 Å². The maximum Gasteiger partial charge on any atom is 0.407 e. The van der Waals surface area contributed by atoms with Crippen LogP contribution in [-0.2, 0) is 4.74 Å². The normalized spacial score (nSPS) is 12.9. The van der Waals surface area contributed by atoms with Gasteiger partial charge in [0, 0.05) is 13.1 Å². The number of carbonyl (C=O) groups is 1. The van der Waals surface area contributed by atoms with Crippen molar-refractivity contribution in [2.75, 3.05) is 18.4 Å². The number of nitrogens with one attached hydrogen (secondary N) is 2. The Labute approximate surface area is 137 Å². The molecule has 1 heterocycles. The number of ether oxygens (including phenoxy) is 1. The van der Waals surface area contributed by atoms with Crippen LogP contribution in [0.15, 0.2) is 18.3 Å². The molecule has 0 aromatic carbocycles. The molecule has 1 rings (SSSR count). The first-order valence-electron chi connectivity index (χ1n) is 7.49. The highest BCUT2D eigenvalue weighted by Gasteiger charge is 2.19. The van der Waals surface area contributed by atoms with Crippen LogP contribution in [0.5, 0.6) is 0 Å². The maximum atomic E-state index is 11.7. The topological polar surface area (TPSA) is 63.2 Å². The van der Waals surface area contributed by atoms with Crippen molar-refractivity contribution in [3.63, 3.8) is 0 Å². The fourth-order valence-electron chi connectivity index (χ4n) is 1.80. The molecule has 124 valence electrons. The van der Waals surface area contributed by atoms with E-state index in [9.17, 15) is 4.79 Å². The molecule has 1 atom stereocenters. The van der Waals surface area contributed by atoms with Gasteiger partial charge >= 0.3 is 6.09 Å². The van der Waals surface area contributed by atoms with Gasteiger partial charge in [0.2, 0.25) is 0 Å². The molecule has 0 fully saturated rings. The van der Waals surface area contributed by atoms with Gasteiger partial charge in [-0.15, -0.1) is 0 Å². The number of halogens is 1. The molecule has 1 aromatic rings. The van der Waals surface area contributed by atoms with Gasteiger partial charge in [-0.25, -0.2) is 9.78 Å². The number of anilines is 1. The molecule has 6 heteroatoms. The zero-order valence-electron chi connectivity index (χ0n) is 13.9. The van der Waals surface area contributed by atoms with Gasteiger partial charge in [0.1, 0.15) is 10.8 Å². The summed E-state index contributed by atoms with van der Waals surface area (Å²) in [6.45, 7) is 11.1. The highest BCUT2D eigenvalue weighted by atomic mass is 35.5. The molecule has 0 aliphatic heterocycles. The Bertz CT molecular complexity index is 469. The molecular formula is C16H26ClN3O2. The Kier molecular flexibility index (Phi) is 6.94. The molecule has 1 amide bonds. The van der Waals surface area contributed by atoms with Crippen LogP contribution in [0.2, 0.25) is 5.15 Å². The van der Waals surface area contributed by atoms with Crippen LogP contribution in [0.4, 0.5) is 10.5 Å². The molecule has 1 unspecified atom stereocenters. The quantitative estimate of drug-likeness (QED) is 0.777. The van der Waals surface area contributed by atoms with Crippen molar-refractivity contribution in [1.29, 1.82) is 0 Å². The second kappa shape index (κ2) is 8.22. The average Bonchev–Trinajstić information content (AvgIpc) is 2.38. The smallest absolute Gasteiger partial charge is 0.407 e. The Morgan fingerprint density at radius 3 is 2.50 bits per heavy atom. The minimum Gasteiger partial charge on any atom is -0.444 e. The second-order valence-electron chi connectivity index (χ2n) is 6.64. The van der Waals surface area contributed by atoms with Crippen molar-refractivity contribution >= 4 is 23.4 Å². The van der Waals surface area contributed by atoms with Crippen LogP contribution in [0.1, 0.15) is 34.6 Å². The summed E-state index contributed by atoms with van der Waals surface area (Å²) in [4.78, 5) is 15.7. The number of rotatable bonds is 6. The van der Waals surface area contributed by atoms with E-state index in [-0.39, 0.29) is 12.0 Å². The molecule has 1 aromatic heterocycles. The lowest BCUT2D eigenvalue weighted by Gasteiger charge is -2.24. The van der Waals surface area contributed by atoms with Crippen LogP contribution < -0.4 is 10.6 Å². The maximum absolute atomic E-state index is 11.7. The van der Waals surface area contributed by atoms with Crippen LogP contribution in [0.25, 0.3) is 0 Å². The van der Waals surface area contributed by atoms with Gasteiger partial charge in [0.15, 0.2) is 0 Å². The third kappa shape index (κ3) is 7.50. The molecule has 0 saturated heterocycles. The zero-order chi connectivity index (χ0) is 16.8. The first-order valence-corrected chi connectivity index (χ1v) is 7.87. The van der Waals surface area contributed by atoms with E-state index in [4.69, 9.17) is 16.3 Å². The number of nitrogens with zero attached hydrogens (tertiary/aromatic N) is 1. The Morgan fingerprint density at radius 2 is 2.00 bits per heavy atom. The van der Waals surface area contributed by atoms with Crippen molar-refractivity contribution in [2.24, 2.45) is 11.8 Å². The summed E-state index contributed by atoms with van der Waals surface area (Å²) in [5.74, 6) is 0.700. The minimum atomic E-state index is -0.482. The molecule has 0 saturated carbocycles. The number of carbonyl (C=O) groups excluding carboxylic acids is 1. The summed E-state index contributed by atoms with van der Waals surface area (Å²) in [6.07, 6.45) is 1.31. The predicted octanol–water partition coefficient (Wildman–Crippen LogP) is 3.94. The van der Waals surface area contributed by atoms with Crippen LogP contribution in [0.3, 0.4) is 0 Å². The number of hydrogen-bond donors (Lipinski definition) is 2. The zero-order valence-corrected chi connectivity index (χ0v) is 14.7. The summed E-state index contributed by atoms with van der Waals surface area (Å²) >= 11 is 5.76. The number of alkyl carbamates (subject to hydrolysis) is 1. The monoisotopic (exact) mass is 327 g/mol. The average molecular weight is 328 g/mol. The SMILES string of the molecule is CC(C)C(CNC(=O)OC(C)(C)C)CNc1ccc(Cl)nc1. The lowest BCUT2D eigenvalue weighted by molar-refractivity contribution is 0.0516. The van der Waals surface area contributed by atoms with E-state index < -0.39 is 5.60 Å². The van der Waals surface area contributed by atoms with Gasteiger partial charge < -0.3 is 15.4 Å². The Hall–Kier alpha value is -1.49. The van der Waals surface area contributed by atoms with Gasteiger partial charge in [-0.2, -0.15) is 0 Å². The highest BCUT2D eigenvalue weighted by molar-refractivity contribution is 6.29. The summed E-state index contributed by atoms with van der Waals surface area (Å²) < 4.78 is 5.25. The van der Waals surface area contributed by atoms with Crippen LogP contribution in [0, 0.1) is 11.8 Å². The van der Waals surface area contributed by atoms with E-state index in [1.807, 2.05) is 26.8 Å². The third-order valence-corrected chi connectivity index (χ3v) is 3.37. The van der Waals surface area contributed by atoms with Crippen molar-refractivity contribution in [3.8, 4) is 0 Å². The fourth-order valence-corrected chi connectivity index (χ4v) is 1.91. The molecule has 5 nitrogen and oxygen atoms in total. The molecule has 22 heavy (non-hydrogen) atoms. The molecular weight excluding hydrogens is 302 g/mol. The van der Waals surface area contributed by atoms with Gasteiger partial charge in [0.25, 0.3) is 0 Å². The fraction of sp³-hybridized carbons (Fsp3) is 0.625. The Balaban J connectivity index is 2.45. The molecule has 0 aliphatic carbocycles. The molecule has 0 aliphatic rings. The number of pyridine rings is 1. The van der Waals surface area contributed by atoms with Crippen molar-refractivity contribution in [1.82, 2.24) is 10.3 Å². The lowest BCUT2D eigenvalue weighted by Crippen LogP contribution is -2.38. The third-order valence-electron chi connectivity index (χ3n) is 3.15. The first-order chi connectivity index (χ1) is 10.2. The molecule has 0 radical (unpaired) electrons. The van der Waals surface area contributed by atoms with E-state index >= 15 is 0 Å². The van der Waals surface area contributed by atoms with Gasteiger partial charge in [-0.1, -0.05) is 25.4 Å². The lowest BCUT2D eigenvalue weighted by atomic mass is 9.95. The van der Waals surface area contributed by atoms with E-state index in [1.165, 1.54) is 0 Å². The van der Waals surface area contributed by atoms with Crippen molar-refractivity contribution in [3.05, 3.63) is 23.5 Å². The van der Waals surface area contributed by atoms with E-state index in [0.29, 0.717) is 17.6 Å². The molecule has 0 bridgehead atoms. The summed E-state index contributed by atoms with van der Waals surface area (Å²) in [5, 5.41) is 6.61. The van der Waals surface area contributed by atoms with E-state index in [2.05, 4.69) is 29.5 Å². The standard InChI is InChI=1S/C16H26ClN3O2/c1-11(2)12(9-20-15(21)22-16(3,4)5)8-18-13-6-7-14(17)19-10-13/h6-7,10-12,18H,8-9H2,1-5H3,(H,20,21). The Morgan fingerprint density at radius 1 is 1.32 bits per heavy atom. The predicted molar refractivity (Wildman–Crippen MR) is 90.3 cm³/mol. The van der Waals surface area contributed by atoms with Gasteiger partial charge in [-0.05, 0) is 44.7 Å². The van der Waals surface area contributed by atoms with E-state index in [1.54, 1.807) is 12.3 Å². The number of amides is 1. The first kappa shape index (κ1) is 18.6. The van der Waals surface area contributed by atoms with Gasteiger partial charge in [0.05, 0.1) is 11.9 Å². The molecule has 2 N–H and O–H groups in total. The molecule has 0 spiro atoms. The largest absolute Gasteiger partial charge is 0.444 e. The number of aromatic nitrogens is 1. The summed E-state index contributed by atoms with van der Waals surface area (Å²) in [6, 6.07) is 3.63. The minimum absolute atomic E-state index is 0.281. The van der Waals surface area contributed by atoms with Crippen molar-refractivity contribution in [2.45, 2.75) is 40.2 Å². The van der Waals surface area contributed by atoms with Crippen molar-refractivity contribution < 1.29 is 9.53 Å². The van der Waals surface area contributed by atoms with Gasteiger partial charge in [-0.3, -0.25) is 0 Å².